The van der Waals surface area contributed by atoms with Gasteiger partial charge in [0.05, 0.1) is 0 Å². The fraction of sp³-hybridized carbons (Fsp3) is 0.636. The Balaban J connectivity index is 2.44. The number of rotatable bonds is 4. The van der Waals surface area contributed by atoms with Gasteiger partial charge < -0.3 is 10.6 Å². The summed E-state index contributed by atoms with van der Waals surface area (Å²) in [6.45, 7) is 7.62. The third-order valence-electron chi connectivity index (χ3n) is 2.06. The standard InChI is InChI=1S/C11H20N4/c1-11(2,3)6-8-13-9-5-7-14-10(12-4)15-9/h5,7H,6,8H2,1-4H3,(H2,12,13,14,15). The van der Waals surface area contributed by atoms with Crippen molar-refractivity contribution in [3.63, 3.8) is 0 Å². The van der Waals surface area contributed by atoms with E-state index in [9.17, 15) is 0 Å². The van der Waals surface area contributed by atoms with Gasteiger partial charge in [-0.3, -0.25) is 0 Å². The maximum Gasteiger partial charge on any atom is 0.224 e. The maximum atomic E-state index is 4.28. The summed E-state index contributed by atoms with van der Waals surface area (Å²) in [4.78, 5) is 8.33. The smallest absolute Gasteiger partial charge is 0.224 e. The van der Waals surface area contributed by atoms with Crippen molar-refractivity contribution in [3.05, 3.63) is 12.3 Å². The van der Waals surface area contributed by atoms with Crippen molar-refractivity contribution in [2.45, 2.75) is 27.2 Å². The molecule has 0 fully saturated rings. The largest absolute Gasteiger partial charge is 0.370 e. The molecule has 0 aromatic carbocycles. The number of hydrogen-bond donors (Lipinski definition) is 2. The Morgan fingerprint density at radius 3 is 2.67 bits per heavy atom. The molecular weight excluding hydrogens is 188 g/mol. The van der Waals surface area contributed by atoms with Crippen molar-refractivity contribution in [3.8, 4) is 0 Å². The maximum absolute atomic E-state index is 4.28. The van der Waals surface area contributed by atoms with E-state index < -0.39 is 0 Å². The van der Waals surface area contributed by atoms with Gasteiger partial charge in [-0.2, -0.15) is 4.98 Å². The molecule has 0 aliphatic rings. The molecule has 0 atom stereocenters. The van der Waals surface area contributed by atoms with Gasteiger partial charge in [-0.1, -0.05) is 20.8 Å². The summed E-state index contributed by atoms with van der Waals surface area (Å²) in [6, 6.07) is 1.88. The second kappa shape index (κ2) is 4.96. The van der Waals surface area contributed by atoms with Gasteiger partial charge in [-0.15, -0.1) is 0 Å². The molecule has 4 heteroatoms. The average molecular weight is 208 g/mol. The van der Waals surface area contributed by atoms with E-state index >= 15 is 0 Å². The lowest BCUT2D eigenvalue weighted by Crippen LogP contribution is -2.13. The van der Waals surface area contributed by atoms with Crippen molar-refractivity contribution in [2.75, 3.05) is 24.2 Å². The number of nitrogens with one attached hydrogen (secondary N) is 2. The lowest BCUT2D eigenvalue weighted by Gasteiger charge is -2.18. The first-order chi connectivity index (χ1) is 7.01. The van der Waals surface area contributed by atoms with Crippen LogP contribution in [0.5, 0.6) is 0 Å². The van der Waals surface area contributed by atoms with E-state index in [1.165, 1.54) is 0 Å². The van der Waals surface area contributed by atoms with Crippen molar-refractivity contribution in [1.29, 1.82) is 0 Å². The molecule has 15 heavy (non-hydrogen) atoms. The van der Waals surface area contributed by atoms with Crippen LogP contribution in [0.15, 0.2) is 12.3 Å². The van der Waals surface area contributed by atoms with E-state index in [1.807, 2.05) is 13.1 Å². The van der Waals surface area contributed by atoms with E-state index in [2.05, 4.69) is 41.4 Å². The molecule has 1 aromatic rings. The number of hydrogen-bond acceptors (Lipinski definition) is 4. The molecule has 4 nitrogen and oxygen atoms in total. The zero-order valence-electron chi connectivity index (χ0n) is 9.96. The molecule has 0 spiro atoms. The highest BCUT2D eigenvalue weighted by atomic mass is 15.1. The van der Waals surface area contributed by atoms with Crippen molar-refractivity contribution < 1.29 is 0 Å². The predicted octanol–water partition coefficient (Wildman–Crippen LogP) is 2.37. The summed E-state index contributed by atoms with van der Waals surface area (Å²) in [6.07, 6.45) is 2.87. The molecule has 0 radical (unpaired) electrons. The Morgan fingerprint density at radius 2 is 2.07 bits per heavy atom. The van der Waals surface area contributed by atoms with Gasteiger partial charge in [-0.25, -0.2) is 4.98 Å². The Hall–Kier alpha value is -1.32. The molecule has 1 aromatic heterocycles. The topological polar surface area (TPSA) is 49.8 Å². The number of anilines is 2. The summed E-state index contributed by atoms with van der Waals surface area (Å²) in [7, 11) is 1.81. The second-order valence-electron chi connectivity index (χ2n) is 4.75. The molecule has 0 amide bonds. The lowest BCUT2D eigenvalue weighted by atomic mass is 9.92. The van der Waals surface area contributed by atoms with E-state index in [-0.39, 0.29) is 0 Å². The molecule has 0 unspecified atom stereocenters. The fourth-order valence-electron chi connectivity index (χ4n) is 1.14. The first-order valence-corrected chi connectivity index (χ1v) is 5.26. The van der Waals surface area contributed by atoms with Gasteiger partial charge in [0, 0.05) is 19.8 Å². The molecule has 2 N–H and O–H groups in total. The minimum absolute atomic E-state index is 0.353. The van der Waals surface area contributed by atoms with Crippen LogP contribution in [-0.2, 0) is 0 Å². The summed E-state index contributed by atoms with van der Waals surface area (Å²) >= 11 is 0. The van der Waals surface area contributed by atoms with Gasteiger partial charge in [-0.05, 0) is 17.9 Å². The third kappa shape index (κ3) is 4.63. The Morgan fingerprint density at radius 1 is 1.33 bits per heavy atom. The van der Waals surface area contributed by atoms with Crippen LogP contribution in [0.2, 0.25) is 0 Å². The Bertz CT molecular complexity index is 304. The zero-order valence-corrected chi connectivity index (χ0v) is 9.96. The van der Waals surface area contributed by atoms with Crippen molar-refractivity contribution in [2.24, 2.45) is 5.41 Å². The van der Waals surface area contributed by atoms with E-state index in [1.54, 1.807) is 6.20 Å². The highest BCUT2D eigenvalue weighted by Gasteiger charge is 2.09. The summed E-state index contributed by atoms with van der Waals surface area (Å²) in [5.74, 6) is 1.52. The van der Waals surface area contributed by atoms with Crippen molar-refractivity contribution >= 4 is 11.8 Å². The van der Waals surface area contributed by atoms with Crippen LogP contribution in [-0.4, -0.2) is 23.6 Å². The monoisotopic (exact) mass is 208 g/mol. The summed E-state index contributed by atoms with van der Waals surface area (Å²) < 4.78 is 0. The minimum Gasteiger partial charge on any atom is -0.370 e. The summed E-state index contributed by atoms with van der Waals surface area (Å²) in [5.41, 5.74) is 0.353. The van der Waals surface area contributed by atoms with Gasteiger partial charge in [0.2, 0.25) is 5.95 Å². The predicted molar refractivity (Wildman–Crippen MR) is 64.1 cm³/mol. The van der Waals surface area contributed by atoms with Crippen LogP contribution in [0.3, 0.4) is 0 Å². The quantitative estimate of drug-likeness (QED) is 0.797. The molecule has 84 valence electrons. The van der Waals surface area contributed by atoms with Crippen LogP contribution in [0, 0.1) is 5.41 Å². The van der Waals surface area contributed by atoms with Crippen LogP contribution in [0.1, 0.15) is 27.2 Å². The highest BCUT2D eigenvalue weighted by molar-refractivity contribution is 5.38. The lowest BCUT2D eigenvalue weighted by molar-refractivity contribution is 0.389. The second-order valence-corrected chi connectivity index (χ2v) is 4.75. The molecule has 0 saturated heterocycles. The summed E-state index contributed by atoms with van der Waals surface area (Å²) in [5, 5.41) is 6.20. The zero-order chi connectivity index (χ0) is 11.3. The van der Waals surface area contributed by atoms with E-state index in [0.717, 1.165) is 18.8 Å². The van der Waals surface area contributed by atoms with Gasteiger partial charge in [0.15, 0.2) is 0 Å². The van der Waals surface area contributed by atoms with Crippen LogP contribution in [0.4, 0.5) is 11.8 Å². The van der Waals surface area contributed by atoms with Gasteiger partial charge >= 0.3 is 0 Å². The molecular formula is C11H20N4. The van der Waals surface area contributed by atoms with Crippen LogP contribution >= 0.6 is 0 Å². The third-order valence-corrected chi connectivity index (χ3v) is 2.06. The number of nitrogens with zero attached hydrogens (tertiary/aromatic N) is 2. The number of aromatic nitrogens is 2. The minimum atomic E-state index is 0.353. The first-order valence-electron chi connectivity index (χ1n) is 5.26. The fourth-order valence-corrected chi connectivity index (χ4v) is 1.14. The first kappa shape index (κ1) is 11.8. The average Bonchev–Trinajstić information content (AvgIpc) is 2.16. The van der Waals surface area contributed by atoms with Gasteiger partial charge in [0.25, 0.3) is 0 Å². The molecule has 0 aliphatic heterocycles. The van der Waals surface area contributed by atoms with Gasteiger partial charge in [0.1, 0.15) is 5.82 Å². The Labute approximate surface area is 91.5 Å². The van der Waals surface area contributed by atoms with Crippen molar-refractivity contribution in [1.82, 2.24) is 9.97 Å². The SMILES string of the molecule is CNc1nccc(NCCC(C)(C)C)n1. The molecule has 0 saturated carbocycles. The molecule has 0 aliphatic carbocycles. The molecule has 0 bridgehead atoms. The van der Waals surface area contributed by atoms with E-state index in [4.69, 9.17) is 0 Å². The molecule has 1 heterocycles. The molecule has 1 rings (SSSR count). The Kier molecular flexibility index (Phi) is 3.88. The normalized spacial score (nSPS) is 11.2. The highest BCUT2D eigenvalue weighted by Crippen LogP contribution is 2.18. The van der Waals surface area contributed by atoms with Crippen LogP contribution in [0.25, 0.3) is 0 Å². The van der Waals surface area contributed by atoms with Crippen LogP contribution < -0.4 is 10.6 Å². The van der Waals surface area contributed by atoms with E-state index in [0.29, 0.717) is 11.4 Å².